The van der Waals surface area contributed by atoms with Gasteiger partial charge in [0.05, 0.1) is 17.8 Å². The number of H-pyrrole nitrogens is 2. The maximum absolute atomic E-state index is 12.9. The van der Waals surface area contributed by atoms with E-state index in [1.54, 1.807) is 11.1 Å². The van der Waals surface area contributed by atoms with Crippen LogP contribution in [0.25, 0.3) is 22.0 Å². The molecule has 10 heteroatoms. The molecule has 0 unspecified atom stereocenters. The molecule has 4 heterocycles. The Morgan fingerprint density at radius 2 is 1.52 bits per heavy atom. The van der Waals surface area contributed by atoms with Crippen molar-refractivity contribution >= 4 is 23.0 Å². The minimum Gasteiger partial charge on any atom is -0.465 e. The Bertz CT molecular complexity index is 1880. The van der Waals surface area contributed by atoms with Gasteiger partial charge in [-0.25, -0.2) is 19.6 Å². The largest absolute Gasteiger partial charge is 0.465 e. The Balaban J connectivity index is 0.972. The number of aromatic nitrogens is 4. The van der Waals surface area contributed by atoms with E-state index < -0.39 is 11.7 Å². The lowest BCUT2D eigenvalue weighted by atomic mass is 10.0. The van der Waals surface area contributed by atoms with Crippen molar-refractivity contribution in [1.82, 2.24) is 29.7 Å². The number of nitrogens with zero attached hydrogens (tertiary/aromatic N) is 4. The summed E-state index contributed by atoms with van der Waals surface area (Å²) in [5, 5.41) is 11.8. The zero-order chi connectivity index (χ0) is 30.3. The van der Waals surface area contributed by atoms with Crippen molar-refractivity contribution in [3.05, 3.63) is 71.7 Å². The van der Waals surface area contributed by atoms with Gasteiger partial charge < -0.3 is 19.8 Å². The highest BCUT2D eigenvalue weighted by Crippen LogP contribution is 2.54. The topological polar surface area (TPSA) is 127 Å². The van der Waals surface area contributed by atoms with Gasteiger partial charge in [0, 0.05) is 35.6 Å². The van der Waals surface area contributed by atoms with Crippen LogP contribution in [0.3, 0.4) is 0 Å². The number of nitrogens with one attached hydrogen (secondary N) is 2. The Morgan fingerprint density at radius 1 is 0.864 bits per heavy atom. The molecule has 2 aromatic carbocycles. The number of aromatic amines is 2. The number of likely N-dealkylation sites (tertiary alicyclic amines) is 2. The van der Waals surface area contributed by atoms with Crippen molar-refractivity contribution in [3.8, 4) is 23.1 Å². The summed E-state index contributed by atoms with van der Waals surface area (Å²) in [6.07, 6.45) is 6.22. The first kappa shape index (κ1) is 26.8. The quantitative estimate of drug-likeness (QED) is 0.243. The smallest absolute Gasteiger partial charge is 0.411 e. The van der Waals surface area contributed by atoms with Gasteiger partial charge in [0.2, 0.25) is 0 Å². The predicted octanol–water partition coefficient (Wildman–Crippen LogP) is 6.24. The molecule has 8 rings (SSSR count). The van der Waals surface area contributed by atoms with Crippen molar-refractivity contribution < 1.29 is 19.4 Å². The second-order valence-corrected chi connectivity index (χ2v) is 13.6. The van der Waals surface area contributed by atoms with E-state index >= 15 is 0 Å². The highest BCUT2D eigenvalue weighted by atomic mass is 16.6. The molecule has 3 N–H and O–H groups in total. The molecule has 0 spiro atoms. The zero-order valence-corrected chi connectivity index (χ0v) is 24.9. The number of carbonyl (C=O) groups is 2. The predicted molar refractivity (Wildman–Crippen MR) is 163 cm³/mol. The van der Waals surface area contributed by atoms with Gasteiger partial charge >= 0.3 is 12.2 Å². The van der Waals surface area contributed by atoms with E-state index in [4.69, 9.17) is 14.7 Å². The van der Waals surface area contributed by atoms with Crippen molar-refractivity contribution in [2.75, 3.05) is 0 Å². The summed E-state index contributed by atoms with van der Waals surface area (Å²) in [5.74, 6) is 8.84. The number of piperidine rings is 2. The first-order valence-electron chi connectivity index (χ1n) is 15.3. The second-order valence-electron chi connectivity index (χ2n) is 13.6. The van der Waals surface area contributed by atoms with Crippen molar-refractivity contribution in [3.63, 3.8) is 0 Å². The molecule has 4 fully saturated rings. The third-order valence-electron chi connectivity index (χ3n) is 9.33. The number of carboxylic acid groups (broad SMARTS) is 1. The summed E-state index contributed by atoms with van der Waals surface area (Å²) in [5.41, 5.74) is 2.74. The van der Waals surface area contributed by atoms with Crippen LogP contribution in [0.15, 0.2) is 48.8 Å². The van der Waals surface area contributed by atoms with E-state index in [0.29, 0.717) is 23.4 Å². The van der Waals surface area contributed by atoms with Crippen LogP contribution in [0.1, 0.15) is 81.4 Å². The van der Waals surface area contributed by atoms with Crippen LogP contribution in [-0.4, -0.2) is 64.7 Å². The van der Waals surface area contributed by atoms with Crippen LogP contribution in [0.2, 0.25) is 0 Å². The summed E-state index contributed by atoms with van der Waals surface area (Å²) in [6, 6.07) is 12.3. The van der Waals surface area contributed by atoms with Crippen molar-refractivity contribution in [2.24, 2.45) is 11.8 Å². The molecule has 44 heavy (non-hydrogen) atoms. The average Bonchev–Trinajstić information content (AvgIpc) is 3.59. The van der Waals surface area contributed by atoms with Crippen LogP contribution in [0.4, 0.5) is 9.59 Å². The summed E-state index contributed by atoms with van der Waals surface area (Å²) < 4.78 is 5.68. The maximum atomic E-state index is 12.9. The van der Waals surface area contributed by atoms with E-state index in [1.807, 2.05) is 50.1 Å². The fraction of sp³-hybridized carbons (Fsp3) is 0.412. The monoisotopic (exact) mass is 590 g/mol. The third kappa shape index (κ3) is 4.77. The Labute approximate surface area is 254 Å². The summed E-state index contributed by atoms with van der Waals surface area (Å²) in [7, 11) is 0. The fourth-order valence-electron chi connectivity index (χ4n) is 7.10. The van der Waals surface area contributed by atoms with E-state index in [0.717, 1.165) is 59.1 Å². The Morgan fingerprint density at radius 3 is 2.27 bits per heavy atom. The summed E-state index contributed by atoms with van der Waals surface area (Å²) in [4.78, 5) is 44.1. The number of benzene rings is 2. The average molecular weight is 591 g/mol. The van der Waals surface area contributed by atoms with Crippen molar-refractivity contribution in [2.45, 2.75) is 76.2 Å². The summed E-state index contributed by atoms with van der Waals surface area (Å²) in [6.45, 7) is 5.66. The minimum atomic E-state index is -0.870. The number of fused-ring (bicyclic) bond motifs is 3. The number of hydrogen-bond acceptors (Lipinski definition) is 5. The lowest BCUT2D eigenvalue weighted by Gasteiger charge is -2.29. The van der Waals surface area contributed by atoms with Gasteiger partial charge in [-0.1, -0.05) is 24.1 Å². The van der Waals surface area contributed by atoms with Gasteiger partial charge in [-0.3, -0.25) is 9.80 Å². The maximum Gasteiger partial charge on any atom is 0.411 e. The Hall–Kier alpha value is -4.78. The first-order chi connectivity index (χ1) is 21.1. The van der Waals surface area contributed by atoms with E-state index in [9.17, 15) is 14.7 Å². The third-order valence-corrected chi connectivity index (χ3v) is 9.33. The lowest BCUT2D eigenvalue weighted by molar-refractivity contribution is 0.0175. The molecule has 2 aromatic heterocycles. The summed E-state index contributed by atoms with van der Waals surface area (Å²) >= 11 is 0. The second kappa shape index (κ2) is 9.61. The molecule has 0 bridgehead atoms. The number of imidazole rings is 2. The molecule has 6 atom stereocenters. The van der Waals surface area contributed by atoms with Crippen LogP contribution in [0.5, 0.6) is 0 Å². The minimum absolute atomic E-state index is 0.121. The molecule has 2 aliphatic carbocycles. The van der Waals surface area contributed by atoms with Gasteiger partial charge in [0.15, 0.2) is 0 Å². The van der Waals surface area contributed by atoms with Crippen LogP contribution >= 0.6 is 0 Å². The zero-order valence-electron chi connectivity index (χ0n) is 24.9. The van der Waals surface area contributed by atoms with E-state index in [-0.39, 0.29) is 30.3 Å². The molecular formula is C34H34N6O4. The number of hydrogen-bond donors (Lipinski definition) is 3. The van der Waals surface area contributed by atoms with Gasteiger partial charge in [-0.2, -0.15) is 0 Å². The molecule has 4 aliphatic rings. The van der Waals surface area contributed by atoms with Gasteiger partial charge in [-0.15, -0.1) is 0 Å². The molecule has 4 aromatic rings. The van der Waals surface area contributed by atoms with E-state index in [2.05, 4.69) is 40.0 Å². The molecule has 2 amide bonds. The van der Waals surface area contributed by atoms with Gasteiger partial charge in [0.25, 0.3) is 0 Å². The van der Waals surface area contributed by atoms with Crippen LogP contribution in [-0.2, 0) is 4.74 Å². The van der Waals surface area contributed by atoms with Gasteiger partial charge in [0.1, 0.15) is 22.9 Å². The molecule has 2 saturated carbocycles. The highest BCUT2D eigenvalue weighted by Gasteiger charge is 2.56. The van der Waals surface area contributed by atoms with Crippen molar-refractivity contribution in [1.29, 1.82) is 0 Å². The normalized spacial score (nSPS) is 26.6. The highest BCUT2D eigenvalue weighted by molar-refractivity contribution is 5.88. The number of rotatable bonds is 3. The standard InChI is InChI=1S/C34H34N6O4/c1-34(2,3)44-33(43)40-27-13-23(27)15-29(40)30-35-16-24(37-30)9-5-18-4-6-20-11-21(8-7-19(20)10-18)25-17-36-31(38-25)28-14-22-12-26(22)39(28)32(41)42/h4,6-8,10-11,16-17,22-23,26-29H,12-15H2,1-3H3,(H,35,37)(H,36,38)(H,41,42)/t22-,23-,26-,27-,28+,29+/m1/s1. The van der Waals surface area contributed by atoms with E-state index in [1.165, 1.54) is 0 Å². The lowest BCUT2D eigenvalue weighted by Crippen LogP contribution is -2.38. The Kier molecular flexibility index (Phi) is 5.86. The first-order valence-corrected chi connectivity index (χ1v) is 15.3. The fourth-order valence-corrected chi connectivity index (χ4v) is 7.10. The molecule has 10 nitrogen and oxygen atoms in total. The SMILES string of the molecule is CC(C)(C)OC(=O)N1[C@@H]2C[C@@H]2C[C@H]1c1nc(C#Cc2ccc3cc(-c4c[nH]c([C@@H]5C[C@H]6C[C@H]6N5C(=O)O)n4)ccc3c2)c[nH]1. The molecule has 224 valence electrons. The molecule has 2 saturated heterocycles. The number of amides is 2. The molecule has 2 aliphatic heterocycles. The molecular weight excluding hydrogens is 556 g/mol. The van der Waals surface area contributed by atoms with Crippen LogP contribution in [0, 0.1) is 23.7 Å². The number of ether oxygens (including phenoxy) is 1. The van der Waals surface area contributed by atoms with Gasteiger partial charge in [-0.05, 0) is 93.2 Å². The number of carbonyl (C=O) groups excluding carboxylic acids is 1. The van der Waals surface area contributed by atoms with Crippen LogP contribution < -0.4 is 0 Å². The molecule has 0 radical (unpaired) electrons.